The van der Waals surface area contributed by atoms with E-state index in [4.69, 9.17) is 21.3 Å². The maximum Gasteiger partial charge on any atom is 0.408 e. The number of thiazole rings is 1. The van der Waals surface area contributed by atoms with Crippen LogP contribution in [-0.2, 0) is 17.7 Å². The topological polar surface area (TPSA) is 135 Å². The highest BCUT2D eigenvalue weighted by molar-refractivity contribution is 7.99. The Hall–Kier alpha value is -3.26. The predicted octanol–water partition coefficient (Wildman–Crippen LogP) is 5.63. The maximum atomic E-state index is 13.2. The third-order valence-electron chi connectivity index (χ3n) is 8.09. The largest absolute Gasteiger partial charge is 0.444 e. The van der Waals surface area contributed by atoms with Crippen molar-refractivity contribution in [3.05, 3.63) is 62.3 Å². The number of piperidine rings is 1. The summed E-state index contributed by atoms with van der Waals surface area (Å²) in [5, 5.41) is 14.6. The minimum atomic E-state index is -1.08. The summed E-state index contributed by atoms with van der Waals surface area (Å²) in [5.74, 6) is 0.778. The fourth-order valence-corrected chi connectivity index (χ4v) is 8.20. The van der Waals surface area contributed by atoms with Gasteiger partial charge in [-0.1, -0.05) is 23.4 Å². The van der Waals surface area contributed by atoms with E-state index in [9.17, 15) is 14.7 Å². The van der Waals surface area contributed by atoms with Crippen molar-refractivity contribution in [3.8, 4) is 0 Å². The molecule has 2 N–H and O–H groups in total. The second-order valence-corrected chi connectivity index (χ2v) is 15.7. The fraction of sp³-hybridized carbons (Fsp3) is 0.484. The molecule has 238 valence electrons. The molecule has 11 nitrogen and oxygen atoms in total. The minimum Gasteiger partial charge on any atom is -0.444 e. The molecule has 1 spiro atoms. The van der Waals surface area contributed by atoms with Crippen LogP contribution in [0.5, 0.6) is 0 Å². The van der Waals surface area contributed by atoms with Gasteiger partial charge in [0.15, 0.2) is 0 Å². The molecule has 1 saturated heterocycles. The van der Waals surface area contributed by atoms with E-state index in [0.29, 0.717) is 25.8 Å². The minimum absolute atomic E-state index is 0.0969. The Bertz CT molecular complexity index is 1790. The number of halogens is 1. The average molecular weight is 670 g/mol. The summed E-state index contributed by atoms with van der Waals surface area (Å²) in [4.78, 5) is 48.3. The van der Waals surface area contributed by atoms with Gasteiger partial charge in [-0.3, -0.25) is 9.36 Å². The Morgan fingerprint density at radius 2 is 1.91 bits per heavy atom. The molecule has 1 amide bonds. The Morgan fingerprint density at radius 1 is 1.16 bits per heavy atom. The van der Waals surface area contributed by atoms with E-state index < -0.39 is 17.3 Å². The van der Waals surface area contributed by atoms with Gasteiger partial charge in [0.25, 0.3) is 5.56 Å². The molecule has 4 aromatic rings. The van der Waals surface area contributed by atoms with E-state index in [1.165, 1.54) is 22.7 Å². The number of rotatable bonds is 6. The van der Waals surface area contributed by atoms with Gasteiger partial charge in [0.2, 0.25) is 0 Å². The van der Waals surface area contributed by atoms with Crippen LogP contribution in [0.1, 0.15) is 64.1 Å². The molecule has 6 rings (SSSR count). The van der Waals surface area contributed by atoms with Gasteiger partial charge >= 0.3 is 6.09 Å². The second-order valence-electron chi connectivity index (χ2n) is 13.3. The molecular formula is C31H36ClN7O4S2. The molecule has 45 heavy (non-hydrogen) atoms. The summed E-state index contributed by atoms with van der Waals surface area (Å²) in [6.45, 7) is 10.5. The van der Waals surface area contributed by atoms with Crippen LogP contribution in [0, 0.1) is 5.41 Å². The van der Waals surface area contributed by atoms with Gasteiger partial charge in [0.05, 0.1) is 68.9 Å². The SMILES string of the molecule is CC(C)(O)Cn1cnc2ccc(Sc3cnc(N4CCC5(CC4)Cc4ncsc4[C@@H]5NC(=O)OC(C)(C)C)cn3)c(Cl)c2c1=O. The zero-order chi connectivity index (χ0) is 32.1. The summed E-state index contributed by atoms with van der Waals surface area (Å²) in [5.41, 5.74) is 1.31. The van der Waals surface area contributed by atoms with Gasteiger partial charge in [-0.2, -0.15) is 0 Å². The van der Waals surface area contributed by atoms with Crippen molar-refractivity contribution in [2.75, 3.05) is 18.0 Å². The summed E-state index contributed by atoms with van der Waals surface area (Å²) < 4.78 is 6.96. The molecule has 0 radical (unpaired) electrons. The molecule has 1 aliphatic heterocycles. The summed E-state index contributed by atoms with van der Waals surface area (Å²) >= 11 is 9.64. The number of ether oxygens (including phenoxy) is 1. The number of benzene rings is 1. The van der Waals surface area contributed by atoms with Crippen LogP contribution in [0.4, 0.5) is 10.6 Å². The van der Waals surface area contributed by atoms with Crippen LogP contribution in [0.15, 0.2) is 51.1 Å². The number of hydrogen-bond acceptors (Lipinski definition) is 11. The Labute approximate surface area is 274 Å². The molecule has 0 unspecified atom stereocenters. The van der Waals surface area contributed by atoms with Gasteiger partial charge in [0, 0.05) is 23.4 Å². The van der Waals surface area contributed by atoms with Gasteiger partial charge < -0.3 is 20.1 Å². The molecular weight excluding hydrogens is 634 g/mol. The fourth-order valence-electron chi connectivity index (χ4n) is 6.08. The Morgan fingerprint density at radius 3 is 2.58 bits per heavy atom. The van der Waals surface area contributed by atoms with Crippen LogP contribution < -0.4 is 15.8 Å². The molecule has 1 fully saturated rings. The monoisotopic (exact) mass is 669 g/mol. The molecule has 0 saturated carbocycles. The highest BCUT2D eigenvalue weighted by Gasteiger charge is 2.50. The molecule has 0 bridgehead atoms. The predicted molar refractivity (Wildman–Crippen MR) is 175 cm³/mol. The molecule has 1 atom stereocenters. The third kappa shape index (κ3) is 6.67. The van der Waals surface area contributed by atoms with Crippen molar-refractivity contribution in [2.45, 2.75) is 87.6 Å². The number of nitrogens with zero attached hydrogens (tertiary/aromatic N) is 6. The first kappa shape index (κ1) is 31.7. The van der Waals surface area contributed by atoms with Crippen molar-refractivity contribution >= 4 is 57.5 Å². The second kappa shape index (κ2) is 11.8. The molecule has 3 aromatic heterocycles. The zero-order valence-corrected chi connectivity index (χ0v) is 28.2. The lowest BCUT2D eigenvalue weighted by molar-refractivity contribution is 0.0429. The number of carbonyl (C=O) groups excluding carboxylic acids is 1. The number of aliphatic hydroxyl groups is 1. The number of fused-ring (bicyclic) bond motifs is 2. The number of nitrogens with one attached hydrogen (secondary N) is 1. The zero-order valence-electron chi connectivity index (χ0n) is 25.8. The van der Waals surface area contributed by atoms with E-state index >= 15 is 0 Å². The molecule has 1 aromatic carbocycles. The molecule has 14 heteroatoms. The lowest BCUT2D eigenvalue weighted by Crippen LogP contribution is -2.47. The van der Waals surface area contributed by atoms with Crippen molar-refractivity contribution in [1.29, 1.82) is 0 Å². The van der Waals surface area contributed by atoms with E-state index in [2.05, 4.69) is 25.2 Å². The third-order valence-corrected chi connectivity index (χ3v) is 10.5. The first-order chi connectivity index (χ1) is 21.2. The van der Waals surface area contributed by atoms with Gasteiger partial charge in [-0.25, -0.2) is 24.7 Å². The van der Waals surface area contributed by atoms with Crippen LogP contribution in [0.3, 0.4) is 0 Å². The van der Waals surface area contributed by atoms with E-state index in [1.807, 2.05) is 32.3 Å². The maximum absolute atomic E-state index is 13.2. The lowest BCUT2D eigenvalue weighted by atomic mass is 9.73. The number of alkyl carbamates (subject to hydrolysis) is 1. The van der Waals surface area contributed by atoms with Gasteiger partial charge in [0.1, 0.15) is 16.4 Å². The average Bonchev–Trinajstić information content (AvgIpc) is 3.51. The van der Waals surface area contributed by atoms with Crippen LogP contribution >= 0.6 is 34.7 Å². The van der Waals surface area contributed by atoms with E-state index in [-0.39, 0.29) is 23.6 Å². The van der Waals surface area contributed by atoms with Gasteiger partial charge in [-0.15, -0.1) is 11.3 Å². The Balaban J connectivity index is 1.14. The molecule has 4 heterocycles. The normalized spacial score (nSPS) is 17.9. The van der Waals surface area contributed by atoms with Crippen molar-refractivity contribution in [2.24, 2.45) is 5.41 Å². The van der Waals surface area contributed by atoms with Crippen molar-refractivity contribution in [1.82, 2.24) is 29.8 Å². The first-order valence-electron chi connectivity index (χ1n) is 14.8. The summed E-state index contributed by atoms with van der Waals surface area (Å²) in [6, 6.07) is 3.44. The van der Waals surface area contributed by atoms with Gasteiger partial charge in [-0.05, 0) is 66.0 Å². The number of aromatic nitrogens is 5. The molecule has 2 aliphatic rings. The van der Waals surface area contributed by atoms with E-state index in [0.717, 1.165) is 48.7 Å². The number of anilines is 1. The van der Waals surface area contributed by atoms with Crippen molar-refractivity contribution in [3.63, 3.8) is 0 Å². The van der Waals surface area contributed by atoms with Crippen LogP contribution in [0.25, 0.3) is 10.9 Å². The van der Waals surface area contributed by atoms with Crippen LogP contribution in [-0.4, -0.2) is 60.0 Å². The number of amides is 1. The van der Waals surface area contributed by atoms with Crippen LogP contribution in [0.2, 0.25) is 5.02 Å². The first-order valence-corrected chi connectivity index (χ1v) is 16.9. The lowest BCUT2D eigenvalue weighted by Gasteiger charge is -2.43. The van der Waals surface area contributed by atoms with E-state index in [1.54, 1.807) is 43.6 Å². The number of carbonyl (C=O) groups is 1. The summed E-state index contributed by atoms with van der Waals surface area (Å²) in [6.07, 6.45) is 7.05. The smallest absolute Gasteiger partial charge is 0.408 e. The molecule has 1 aliphatic carbocycles. The summed E-state index contributed by atoms with van der Waals surface area (Å²) in [7, 11) is 0. The highest BCUT2D eigenvalue weighted by Crippen LogP contribution is 2.53. The van der Waals surface area contributed by atoms with Crippen molar-refractivity contribution < 1.29 is 14.6 Å². The number of hydrogen-bond donors (Lipinski definition) is 2. The standard InChI is InChI=1S/C31H36ClN7O4S2/c1-29(2,3)43-28(41)37-26-25-19(36-17-44-25)12-31(26)8-10-38(11-9-31)21-13-34-22(14-33-21)45-20-7-6-18-23(24(20)32)27(40)39(16-35-18)15-30(4,5)42/h6-7,13-14,16-17,26,42H,8-12,15H2,1-5H3,(H,37,41)/t26-/m0/s1. The highest BCUT2D eigenvalue weighted by atomic mass is 35.5. The quantitative estimate of drug-likeness (QED) is 0.266. The Kier molecular flexibility index (Phi) is 8.34.